The molecule has 0 bridgehead atoms. The highest BCUT2D eigenvalue weighted by molar-refractivity contribution is 5.77. The van der Waals surface area contributed by atoms with Crippen LogP contribution in [-0.2, 0) is 4.79 Å². The first-order valence-corrected chi connectivity index (χ1v) is 8.38. The average Bonchev–Trinajstić information content (AvgIpc) is 3.01. The van der Waals surface area contributed by atoms with Gasteiger partial charge in [-0.15, -0.1) is 0 Å². The Hall–Kier alpha value is -0.610. The van der Waals surface area contributed by atoms with Crippen LogP contribution in [-0.4, -0.2) is 54.5 Å². The Morgan fingerprint density at radius 1 is 1.20 bits per heavy atom. The predicted molar refractivity (Wildman–Crippen MR) is 84.6 cm³/mol. The van der Waals surface area contributed by atoms with Crippen LogP contribution in [0.3, 0.4) is 0 Å². The Balaban J connectivity index is 2.54. The minimum absolute atomic E-state index is 0.202. The second-order valence-electron chi connectivity index (χ2n) is 5.95. The number of hydrogen-bond acceptors (Lipinski definition) is 3. The highest BCUT2D eigenvalue weighted by atomic mass is 16.2. The minimum atomic E-state index is 0.202. The molecular weight excluding hydrogens is 250 g/mol. The van der Waals surface area contributed by atoms with Gasteiger partial charge in [-0.2, -0.15) is 0 Å². The molecule has 0 saturated carbocycles. The Labute approximate surface area is 124 Å². The zero-order valence-corrected chi connectivity index (χ0v) is 13.6. The van der Waals surface area contributed by atoms with Crippen LogP contribution in [0.15, 0.2) is 0 Å². The maximum Gasteiger partial charge on any atom is 0.224 e. The van der Waals surface area contributed by atoms with E-state index in [1.54, 1.807) is 0 Å². The van der Waals surface area contributed by atoms with Crippen molar-refractivity contribution in [2.75, 3.05) is 32.7 Å². The second kappa shape index (κ2) is 9.35. The maximum absolute atomic E-state index is 12.3. The molecule has 1 unspecified atom stereocenters. The molecule has 0 aromatic carbocycles. The molecule has 118 valence electrons. The van der Waals surface area contributed by atoms with Crippen LogP contribution >= 0.6 is 0 Å². The minimum Gasteiger partial charge on any atom is -0.343 e. The standard InChI is InChI=1S/C16H33N3O/c1-4-14(5-2)13-18(6-3)15(12-17)11-16(20)19-9-7-8-10-19/h14-15H,4-13,17H2,1-3H3. The monoisotopic (exact) mass is 283 g/mol. The third kappa shape index (κ3) is 5.06. The summed E-state index contributed by atoms with van der Waals surface area (Å²) in [4.78, 5) is 16.7. The number of hydrogen-bond donors (Lipinski definition) is 1. The summed E-state index contributed by atoms with van der Waals surface area (Å²) in [5.41, 5.74) is 5.94. The number of rotatable bonds is 9. The van der Waals surface area contributed by atoms with E-state index in [1.165, 1.54) is 12.8 Å². The molecule has 4 nitrogen and oxygen atoms in total. The van der Waals surface area contributed by atoms with Gasteiger partial charge >= 0.3 is 0 Å². The third-order valence-electron chi connectivity index (χ3n) is 4.71. The molecule has 1 atom stereocenters. The maximum atomic E-state index is 12.3. The van der Waals surface area contributed by atoms with E-state index < -0.39 is 0 Å². The summed E-state index contributed by atoms with van der Waals surface area (Å²) < 4.78 is 0. The predicted octanol–water partition coefficient (Wildman–Crippen LogP) is 2.08. The molecule has 0 aromatic rings. The first kappa shape index (κ1) is 17.4. The molecule has 2 N–H and O–H groups in total. The molecule has 1 saturated heterocycles. The molecule has 0 aromatic heterocycles. The Kier molecular flexibility index (Phi) is 8.15. The normalized spacial score (nSPS) is 17.2. The van der Waals surface area contributed by atoms with Crippen molar-refractivity contribution in [2.45, 2.75) is 58.9 Å². The fraction of sp³-hybridized carbons (Fsp3) is 0.938. The molecule has 1 amide bonds. The van der Waals surface area contributed by atoms with E-state index in [9.17, 15) is 4.79 Å². The van der Waals surface area contributed by atoms with Crippen LogP contribution in [0.25, 0.3) is 0 Å². The summed E-state index contributed by atoms with van der Waals surface area (Å²) in [5.74, 6) is 1.01. The first-order valence-electron chi connectivity index (χ1n) is 8.38. The number of nitrogens with two attached hydrogens (primary N) is 1. The van der Waals surface area contributed by atoms with Crippen molar-refractivity contribution in [3.63, 3.8) is 0 Å². The molecule has 0 aliphatic carbocycles. The molecule has 1 rings (SSSR count). The lowest BCUT2D eigenvalue weighted by Crippen LogP contribution is -2.46. The molecule has 0 spiro atoms. The van der Waals surface area contributed by atoms with Crippen LogP contribution in [0.1, 0.15) is 52.9 Å². The van der Waals surface area contributed by atoms with Gasteiger partial charge in [0.25, 0.3) is 0 Å². The molecule has 1 fully saturated rings. The van der Waals surface area contributed by atoms with Crippen molar-refractivity contribution < 1.29 is 4.79 Å². The smallest absolute Gasteiger partial charge is 0.224 e. The van der Waals surface area contributed by atoms with Gasteiger partial charge in [-0.05, 0) is 25.3 Å². The SMILES string of the molecule is CCC(CC)CN(CC)C(CN)CC(=O)N1CCCC1. The van der Waals surface area contributed by atoms with Gasteiger partial charge in [0.15, 0.2) is 0 Å². The van der Waals surface area contributed by atoms with Gasteiger partial charge in [-0.25, -0.2) is 0 Å². The number of amides is 1. The summed E-state index contributed by atoms with van der Waals surface area (Å²) in [6.45, 7) is 11.2. The van der Waals surface area contributed by atoms with Crippen molar-refractivity contribution in [1.29, 1.82) is 0 Å². The fourth-order valence-corrected chi connectivity index (χ4v) is 3.07. The first-order chi connectivity index (χ1) is 9.65. The van der Waals surface area contributed by atoms with E-state index >= 15 is 0 Å². The van der Waals surface area contributed by atoms with E-state index in [-0.39, 0.29) is 6.04 Å². The quantitative estimate of drug-likeness (QED) is 0.705. The van der Waals surface area contributed by atoms with Gasteiger partial charge in [0.2, 0.25) is 5.91 Å². The van der Waals surface area contributed by atoms with Gasteiger partial charge < -0.3 is 10.6 Å². The summed E-state index contributed by atoms with van der Waals surface area (Å²) in [7, 11) is 0. The fourth-order valence-electron chi connectivity index (χ4n) is 3.07. The van der Waals surface area contributed by atoms with Gasteiger partial charge in [0.05, 0.1) is 0 Å². The largest absolute Gasteiger partial charge is 0.343 e. The van der Waals surface area contributed by atoms with Gasteiger partial charge in [0, 0.05) is 38.6 Å². The second-order valence-corrected chi connectivity index (χ2v) is 5.95. The van der Waals surface area contributed by atoms with Gasteiger partial charge in [0.1, 0.15) is 0 Å². The summed E-state index contributed by atoms with van der Waals surface area (Å²) in [5, 5.41) is 0. The lowest BCUT2D eigenvalue weighted by atomic mass is 10.0. The van der Waals surface area contributed by atoms with Crippen molar-refractivity contribution >= 4 is 5.91 Å². The van der Waals surface area contributed by atoms with Crippen molar-refractivity contribution in [3.05, 3.63) is 0 Å². The zero-order chi connectivity index (χ0) is 15.0. The average molecular weight is 283 g/mol. The molecular formula is C16H33N3O. The highest BCUT2D eigenvalue weighted by Gasteiger charge is 2.25. The molecule has 20 heavy (non-hydrogen) atoms. The van der Waals surface area contributed by atoms with Crippen LogP contribution < -0.4 is 5.73 Å². The van der Waals surface area contributed by atoms with Gasteiger partial charge in [-0.3, -0.25) is 9.69 Å². The summed E-state index contributed by atoms with van der Waals surface area (Å²) >= 11 is 0. The zero-order valence-electron chi connectivity index (χ0n) is 13.6. The van der Waals surface area contributed by atoms with E-state index in [1.807, 2.05) is 4.90 Å². The van der Waals surface area contributed by atoms with E-state index in [0.717, 1.165) is 39.0 Å². The molecule has 1 heterocycles. The number of nitrogens with zero attached hydrogens (tertiary/aromatic N) is 2. The van der Waals surface area contributed by atoms with E-state index in [2.05, 4.69) is 25.7 Å². The number of carbonyl (C=O) groups excluding carboxylic acids is 1. The third-order valence-corrected chi connectivity index (χ3v) is 4.71. The molecule has 1 aliphatic heterocycles. The lowest BCUT2D eigenvalue weighted by molar-refractivity contribution is -0.131. The Bertz CT molecular complexity index is 273. The van der Waals surface area contributed by atoms with Crippen LogP contribution in [0, 0.1) is 5.92 Å². The Morgan fingerprint density at radius 2 is 1.80 bits per heavy atom. The van der Waals surface area contributed by atoms with E-state index in [0.29, 0.717) is 24.8 Å². The Morgan fingerprint density at radius 3 is 2.25 bits per heavy atom. The number of likely N-dealkylation sites (N-methyl/N-ethyl adjacent to an activating group) is 1. The molecule has 0 radical (unpaired) electrons. The lowest BCUT2D eigenvalue weighted by Gasteiger charge is -2.33. The van der Waals surface area contributed by atoms with Crippen LogP contribution in [0.2, 0.25) is 0 Å². The van der Waals surface area contributed by atoms with E-state index in [4.69, 9.17) is 5.73 Å². The van der Waals surface area contributed by atoms with Crippen LogP contribution in [0.5, 0.6) is 0 Å². The topological polar surface area (TPSA) is 49.6 Å². The van der Waals surface area contributed by atoms with Crippen molar-refractivity contribution in [2.24, 2.45) is 11.7 Å². The summed E-state index contributed by atoms with van der Waals surface area (Å²) in [6.07, 6.45) is 5.30. The van der Waals surface area contributed by atoms with Crippen molar-refractivity contribution in [3.8, 4) is 0 Å². The van der Waals surface area contributed by atoms with Crippen LogP contribution in [0.4, 0.5) is 0 Å². The van der Waals surface area contributed by atoms with Crippen molar-refractivity contribution in [1.82, 2.24) is 9.80 Å². The highest BCUT2D eigenvalue weighted by Crippen LogP contribution is 2.16. The molecule has 1 aliphatic rings. The van der Waals surface area contributed by atoms with Gasteiger partial charge in [-0.1, -0.05) is 33.6 Å². The molecule has 4 heteroatoms. The summed E-state index contributed by atoms with van der Waals surface area (Å²) in [6, 6.07) is 0.202. The number of likely N-dealkylation sites (tertiary alicyclic amines) is 1. The number of carbonyl (C=O) groups is 1.